The molecule has 1 saturated carbocycles. The van der Waals surface area contributed by atoms with Crippen molar-refractivity contribution in [2.45, 2.75) is 38.6 Å². The Morgan fingerprint density at radius 1 is 1.29 bits per heavy atom. The molecular weight excluding hydrogens is 266 g/mol. The maximum atomic E-state index is 11.3. The van der Waals surface area contributed by atoms with E-state index in [1.54, 1.807) is 12.1 Å². The molecule has 2 fully saturated rings. The monoisotopic (exact) mass is 289 g/mol. The fourth-order valence-corrected chi connectivity index (χ4v) is 3.00. The average Bonchev–Trinajstić information content (AvgIpc) is 3.32. The molecule has 0 spiro atoms. The number of carbonyl (C=O) groups is 1. The highest BCUT2D eigenvalue weighted by atomic mass is 16.4. The van der Waals surface area contributed by atoms with E-state index in [4.69, 9.17) is 0 Å². The number of anilines is 1. The number of piperazine rings is 1. The largest absolute Gasteiger partial charge is 0.478 e. The summed E-state index contributed by atoms with van der Waals surface area (Å²) in [6, 6.07) is 4.23. The van der Waals surface area contributed by atoms with Crippen molar-refractivity contribution in [1.29, 1.82) is 0 Å². The predicted molar refractivity (Wildman–Crippen MR) is 82.0 cm³/mol. The van der Waals surface area contributed by atoms with Crippen molar-refractivity contribution >= 4 is 11.8 Å². The van der Waals surface area contributed by atoms with Gasteiger partial charge in [-0.05, 0) is 31.4 Å². The zero-order chi connectivity index (χ0) is 14.8. The highest BCUT2D eigenvalue weighted by molar-refractivity contribution is 5.88. The van der Waals surface area contributed by atoms with E-state index in [1.165, 1.54) is 12.8 Å². The molecule has 5 nitrogen and oxygen atoms in total. The molecule has 1 aliphatic carbocycles. The fourth-order valence-electron chi connectivity index (χ4n) is 3.00. The smallest absolute Gasteiger partial charge is 0.335 e. The van der Waals surface area contributed by atoms with Crippen molar-refractivity contribution in [3.63, 3.8) is 0 Å². The molecule has 1 N–H and O–H groups in total. The molecule has 0 atom stereocenters. The molecule has 21 heavy (non-hydrogen) atoms. The standard InChI is InChI=1S/C16H23N3O2/c1-2-3-13-10-12(16(20)21)11-15(17-13)19-8-6-18(7-9-19)14-4-5-14/h10-11,14H,2-9H2,1H3,(H,20,21). The number of carboxylic acids is 1. The maximum Gasteiger partial charge on any atom is 0.335 e. The first kappa shape index (κ1) is 14.3. The van der Waals surface area contributed by atoms with Crippen molar-refractivity contribution in [1.82, 2.24) is 9.88 Å². The average molecular weight is 289 g/mol. The lowest BCUT2D eigenvalue weighted by Crippen LogP contribution is -2.47. The van der Waals surface area contributed by atoms with E-state index in [9.17, 15) is 9.90 Å². The van der Waals surface area contributed by atoms with Crippen LogP contribution in [0.15, 0.2) is 12.1 Å². The van der Waals surface area contributed by atoms with Crippen LogP contribution >= 0.6 is 0 Å². The van der Waals surface area contributed by atoms with E-state index in [1.807, 2.05) is 0 Å². The third-order valence-corrected chi connectivity index (χ3v) is 4.32. The Kier molecular flexibility index (Phi) is 4.10. The van der Waals surface area contributed by atoms with E-state index in [0.29, 0.717) is 5.56 Å². The van der Waals surface area contributed by atoms with E-state index in [0.717, 1.165) is 56.6 Å². The molecule has 5 heteroatoms. The van der Waals surface area contributed by atoms with Gasteiger partial charge >= 0.3 is 5.97 Å². The second-order valence-corrected chi connectivity index (χ2v) is 6.01. The third kappa shape index (κ3) is 3.35. The van der Waals surface area contributed by atoms with Crippen LogP contribution in [0, 0.1) is 0 Å². The lowest BCUT2D eigenvalue weighted by atomic mass is 10.1. The summed E-state index contributed by atoms with van der Waals surface area (Å²) in [4.78, 5) is 20.7. The molecule has 0 bridgehead atoms. The second kappa shape index (κ2) is 6.02. The number of hydrogen-bond donors (Lipinski definition) is 1. The van der Waals surface area contributed by atoms with Crippen molar-refractivity contribution < 1.29 is 9.90 Å². The number of aryl methyl sites for hydroxylation is 1. The minimum atomic E-state index is -0.868. The van der Waals surface area contributed by atoms with E-state index in [-0.39, 0.29) is 0 Å². The van der Waals surface area contributed by atoms with Crippen LogP contribution in [0.1, 0.15) is 42.2 Å². The van der Waals surface area contributed by atoms with Gasteiger partial charge in [0, 0.05) is 37.9 Å². The van der Waals surface area contributed by atoms with Gasteiger partial charge in [-0.1, -0.05) is 13.3 Å². The topological polar surface area (TPSA) is 56.7 Å². The van der Waals surface area contributed by atoms with Crippen LogP contribution in [0.4, 0.5) is 5.82 Å². The zero-order valence-corrected chi connectivity index (χ0v) is 12.6. The van der Waals surface area contributed by atoms with Crippen molar-refractivity contribution in [2.24, 2.45) is 0 Å². The Morgan fingerprint density at radius 3 is 2.57 bits per heavy atom. The summed E-state index contributed by atoms with van der Waals surface area (Å²) in [5.41, 5.74) is 1.24. The van der Waals surface area contributed by atoms with Crippen molar-refractivity contribution in [3.8, 4) is 0 Å². The van der Waals surface area contributed by atoms with Gasteiger partial charge in [0.1, 0.15) is 5.82 Å². The summed E-state index contributed by atoms with van der Waals surface area (Å²) < 4.78 is 0. The van der Waals surface area contributed by atoms with Gasteiger partial charge in [-0.15, -0.1) is 0 Å². The van der Waals surface area contributed by atoms with Crippen LogP contribution < -0.4 is 4.90 Å². The normalized spacial score (nSPS) is 19.8. The molecule has 1 aromatic rings. The Bertz CT molecular complexity index is 520. The van der Waals surface area contributed by atoms with Crippen LogP contribution in [0.5, 0.6) is 0 Å². The summed E-state index contributed by atoms with van der Waals surface area (Å²) in [7, 11) is 0. The zero-order valence-electron chi connectivity index (χ0n) is 12.6. The minimum absolute atomic E-state index is 0.355. The first-order chi connectivity index (χ1) is 10.2. The van der Waals surface area contributed by atoms with Gasteiger partial charge in [0.05, 0.1) is 5.56 Å². The maximum absolute atomic E-state index is 11.3. The molecule has 0 amide bonds. The van der Waals surface area contributed by atoms with Crippen molar-refractivity contribution in [2.75, 3.05) is 31.1 Å². The first-order valence-corrected chi connectivity index (χ1v) is 7.90. The number of aromatic nitrogens is 1. The van der Waals surface area contributed by atoms with Crippen LogP contribution in [-0.2, 0) is 6.42 Å². The molecule has 1 saturated heterocycles. The van der Waals surface area contributed by atoms with Gasteiger partial charge in [0.25, 0.3) is 0 Å². The summed E-state index contributed by atoms with van der Waals surface area (Å²) in [5.74, 6) is -0.0404. The van der Waals surface area contributed by atoms with E-state index in [2.05, 4.69) is 21.7 Å². The Hall–Kier alpha value is -1.62. The SMILES string of the molecule is CCCc1cc(C(=O)O)cc(N2CCN(C3CC3)CC2)n1. The molecule has 3 rings (SSSR count). The van der Waals surface area contributed by atoms with Crippen LogP contribution in [0.3, 0.4) is 0 Å². The number of rotatable bonds is 5. The third-order valence-electron chi connectivity index (χ3n) is 4.32. The highest BCUT2D eigenvalue weighted by Gasteiger charge is 2.31. The van der Waals surface area contributed by atoms with Crippen LogP contribution in [0.2, 0.25) is 0 Å². The Labute approximate surface area is 125 Å². The summed E-state index contributed by atoms with van der Waals surface area (Å²) in [6.45, 7) is 6.10. The van der Waals surface area contributed by atoms with Crippen molar-refractivity contribution in [3.05, 3.63) is 23.4 Å². The first-order valence-electron chi connectivity index (χ1n) is 7.90. The Morgan fingerprint density at radius 2 is 2.00 bits per heavy atom. The molecule has 2 heterocycles. The molecule has 0 aromatic carbocycles. The van der Waals surface area contributed by atoms with Gasteiger partial charge in [0.2, 0.25) is 0 Å². The van der Waals surface area contributed by atoms with Crippen LogP contribution in [0.25, 0.3) is 0 Å². The quantitative estimate of drug-likeness (QED) is 0.898. The molecule has 114 valence electrons. The fraction of sp³-hybridized carbons (Fsp3) is 0.625. The highest BCUT2D eigenvalue weighted by Crippen LogP contribution is 2.28. The minimum Gasteiger partial charge on any atom is -0.478 e. The molecule has 2 aliphatic rings. The number of nitrogens with zero attached hydrogens (tertiary/aromatic N) is 3. The number of carboxylic acid groups (broad SMARTS) is 1. The number of hydrogen-bond acceptors (Lipinski definition) is 4. The lowest BCUT2D eigenvalue weighted by molar-refractivity contribution is 0.0696. The van der Waals surface area contributed by atoms with Gasteiger partial charge in [-0.3, -0.25) is 4.90 Å². The summed E-state index contributed by atoms with van der Waals surface area (Å²) >= 11 is 0. The summed E-state index contributed by atoms with van der Waals surface area (Å²) in [5, 5.41) is 9.27. The summed E-state index contributed by atoms with van der Waals surface area (Å²) in [6.07, 6.45) is 4.49. The number of aromatic carboxylic acids is 1. The second-order valence-electron chi connectivity index (χ2n) is 6.01. The predicted octanol–water partition coefficient (Wildman–Crippen LogP) is 2.02. The molecule has 1 aromatic heterocycles. The van der Waals surface area contributed by atoms with E-state index >= 15 is 0 Å². The van der Waals surface area contributed by atoms with Crippen LogP contribution in [-0.4, -0.2) is 53.2 Å². The van der Waals surface area contributed by atoms with Gasteiger partial charge < -0.3 is 10.0 Å². The molecular formula is C16H23N3O2. The van der Waals surface area contributed by atoms with E-state index < -0.39 is 5.97 Å². The van der Waals surface area contributed by atoms with Gasteiger partial charge in [0.15, 0.2) is 0 Å². The molecule has 1 aliphatic heterocycles. The van der Waals surface area contributed by atoms with Gasteiger partial charge in [-0.2, -0.15) is 0 Å². The van der Waals surface area contributed by atoms with Gasteiger partial charge in [-0.25, -0.2) is 9.78 Å². The lowest BCUT2D eigenvalue weighted by Gasteiger charge is -2.35. The Balaban J connectivity index is 1.75. The number of pyridine rings is 1. The molecule has 0 radical (unpaired) electrons. The molecule has 0 unspecified atom stereocenters.